The topological polar surface area (TPSA) is 110 Å². The number of hydrogen-bond acceptors (Lipinski definition) is 7. The van der Waals surface area contributed by atoms with Gasteiger partial charge in [-0.1, -0.05) is 33.8 Å². The van der Waals surface area contributed by atoms with Crippen LogP contribution in [0.2, 0.25) is 0 Å². The predicted molar refractivity (Wildman–Crippen MR) is 137 cm³/mol. The van der Waals surface area contributed by atoms with Crippen LogP contribution in [0.5, 0.6) is 0 Å². The van der Waals surface area contributed by atoms with Gasteiger partial charge in [-0.05, 0) is 41.5 Å². The Balaban J connectivity index is 1.62. The van der Waals surface area contributed by atoms with Crippen molar-refractivity contribution in [2.45, 2.75) is 58.1 Å². The Bertz CT molecular complexity index is 1470. The summed E-state index contributed by atoms with van der Waals surface area (Å²) in [6.45, 7) is 8.25. The van der Waals surface area contributed by atoms with Crippen molar-refractivity contribution < 1.29 is 19.0 Å². The van der Waals surface area contributed by atoms with E-state index in [9.17, 15) is 13.9 Å². The summed E-state index contributed by atoms with van der Waals surface area (Å²) in [6.07, 6.45) is 6.52. The third kappa shape index (κ3) is 3.90. The normalized spacial score (nSPS) is 20.9. The van der Waals surface area contributed by atoms with Crippen molar-refractivity contribution in [2.24, 2.45) is 5.41 Å². The van der Waals surface area contributed by atoms with E-state index in [0.29, 0.717) is 12.1 Å². The van der Waals surface area contributed by atoms with Gasteiger partial charge in [0.15, 0.2) is 0 Å². The van der Waals surface area contributed by atoms with Crippen LogP contribution in [0.15, 0.2) is 49.1 Å². The first-order valence-electron chi connectivity index (χ1n) is 12.6. The van der Waals surface area contributed by atoms with Gasteiger partial charge < -0.3 is 10.2 Å². The van der Waals surface area contributed by atoms with E-state index < -0.39 is 23.2 Å². The molecule has 0 radical (unpaired) electrons. The SMILES string of the molecule is CCC1(c2cncc(-c3cnn(C[C@H](O)CO)c3)n2)c2nnc(-c3c(F)cccc3F)cc2[C@H](C)C1(C)C. The van der Waals surface area contributed by atoms with E-state index in [1.807, 2.05) is 0 Å². The van der Waals surface area contributed by atoms with Gasteiger partial charge in [0.25, 0.3) is 0 Å². The lowest BCUT2D eigenvalue weighted by Crippen LogP contribution is -2.41. The molecule has 1 unspecified atom stereocenters. The molecule has 10 heteroatoms. The van der Waals surface area contributed by atoms with Crippen molar-refractivity contribution in [3.05, 3.63) is 77.6 Å². The molecule has 0 fully saturated rings. The highest BCUT2D eigenvalue weighted by molar-refractivity contribution is 5.63. The molecule has 0 aliphatic heterocycles. The van der Waals surface area contributed by atoms with Crippen LogP contribution in [0.25, 0.3) is 22.5 Å². The molecule has 8 nitrogen and oxygen atoms in total. The molecule has 3 atom stereocenters. The smallest absolute Gasteiger partial charge is 0.135 e. The molecule has 5 rings (SSSR count). The maximum atomic E-state index is 14.6. The van der Waals surface area contributed by atoms with Gasteiger partial charge >= 0.3 is 0 Å². The number of fused-ring (bicyclic) bond motifs is 1. The third-order valence-corrected chi connectivity index (χ3v) is 8.24. The van der Waals surface area contributed by atoms with Crippen LogP contribution in [0.3, 0.4) is 0 Å². The lowest BCUT2D eigenvalue weighted by Gasteiger charge is -2.42. The number of aliphatic hydroxyl groups is 2. The molecule has 38 heavy (non-hydrogen) atoms. The Hall–Kier alpha value is -3.63. The summed E-state index contributed by atoms with van der Waals surface area (Å²) in [4.78, 5) is 9.50. The number of hydrogen-bond donors (Lipinski definition) is 2. The number of aliphatic hydroxyl groups excluding tert-OH is 2. The summed E-state index contributed by atoms with van der Waals surface area (Å²) in [5.41, 5.74) is 2.58. The molecule has 2 N–H and O–H groups in total. The summed E-state index contributed by atoms with van der Waals surface area (Å²) < 4.78 is 30.7. The van der Waals surface area contributed by atoms with E-state index in [2.05, 4.69) is 48.0 Å². The molecule has 0 amide bonds. The fraction of sp³-hybridized carbons (Fsp3) is 0.393. The van der Waals surface area contributed by atoms with Crippen LogP contribution in [0, 0.1) is 17.0 Å². The number of rotatable bonds is 7. The highest BCUT2D eigenvalue weighted by atomic mass is 19.1. The quantitative estimate of drug-likeness (QED) is 0.375. The van der Waals surface area contributed by atoms with E-state index in [0.717, 1.165) is 22.5 Å². The van der Waals surface area contributed by atoms with Gasteiger partial charge in [-0.2, -0.15) is 10.2 Å². The first kappa shape index (κ1) is 26.0. The first-order valence-corrected chi connectivity index (χ1v) is 12.6. The van der Waals surface area contributed by atoms with Crippen molar-refractivity contribution in [3.63, 3.8) is 0 Å². The monoisotopic (exact) mass is 520 g/mol. The second-order valence-electron chi connectivity index (χ2n) is 10.4. The van der Waals surface area contributed by atoms with Crippen LogP contribution in [-0.4, -0.2) is 52.9 Å². The Morgan fingerprint density at radius 3 is 2.50 bits per heavy atom. The van der Waals surface area contributed by atoms with Crippen molar-refractivity contribution in [1.82, 2.24) is 29.9 Å². The molecule has 1 aliphatic rings. The lowest BCUT2D eigenvalue weighted by atomic mass is 9.61. The lowest BCUT2D eigenvalue weighted by molar-refractivity contribution is 0.0783. The molecule has 3 heterocycles. The van der Waals surface area contributed by atoms with E-state index in [1.165, 1.54) is 18.2 Å². The molecule has 4 aromatic rings. The minimum absolute atomic E-state index is 0.0188. The number of benzene rings is 1. The molecule has 0 saturated carbocycles. The standard InChI is InChI=1S/C28H30F2N6O2/c1-5-28(24-12-31-11-23(33-24)17-10-32-36(13-17)14-18(38)15-37)26-19(16(2)27(28,3)4)9-22(34-35-26)25-20(29)7-6-8-21(25)30/h6-13,16,18,37-38H,5,14-15H2,1-4H3/t16-,18-,28?/m0/s1. The minimum Gasteiger partial charge on any atom is -0.394 e. The Morgan fingerprint density at radius 2 is 1.82 bits per heavy atom. The Kier molecular flexibility index (Phi) is 6.56. The zero-order valence-electron chi connectivity index (χ0n) is 21.7. The predicted octanol–water partition coefficient (Wildman–Crippen LogP) is 4.27. The van der Waals surface area contributed by atoms with Crippen LogP contribution in [0.4, 0.5) is 8.78 Å². The zero-order valence-corrected chi connectivity index (χ0v) is 21.7. The van der Waals surface area contributed by atoms with Gasteiger partial charge in [0.2, 0.25) is 0 Å². The van der Waals surface area contributed by atoms with E-state index in [-0.39, 0.29) is 35.7 Å². The third-order valence-electron chi connectivity index (χ3n) is 8.24. The number of halogens is 2. The van der Waals surface area contributed by atoms with Crippen molar-refractivity contribution in [3.8, 4) is 22.5 Å². The van der Waals surface area contributed by atoms with Gasteiger partial charge in [-0.3, -0.25) is 9.67 Å². The fourth-order valence-electron chi connectivity index (χ4n) is 5.83. The van der Waals surface area contributed by atoms with Crippen LogP contribution in [0.1, 0.15) is 57.0 Å². The zero-order chi connectivity index (χ0) is 27.2. The van der Waals surface area contributed by atoms with Gasteiger partial charge in [0, 0.05) is 18.0 Å². The maximum absolute atomic E-state index is 14.6. The average Bonchev–Trinajstić information content (AvgIpc) is 3.43. The molecule has 0 saturated heterocycles. The number of nitrogens with zero attached hydrogens (tertiary/aromatic N) is 6. The summed E-state index contributed by atoms with van der Waals surface area (Å²) in [5, 5.41) is 32.0. The molecule has 1 aromatic carbocycles. The largest absolute Gasteiger partial charge is 0.394 e. The molecule has 1 aliphatic carbocycles. The summed E-state index contributed by atoms with van der Waals surface area (Å²) in [6, 6.07) is 5.50. The van der Waals surface area contributed by atoms with Gasteiger partial charge in [-0.25, -0.2) is 13.8 Å². The first-order chi connectivity index (χ1) is 18.1. The van der Waals surface area contributed by atoms with Gasteiger partial charge in [0.05, 0.1) is 65.4 Å². The molecule has 198 valence electrons. The molecule has 3 aromatic heterocycles. The fourth-order valence-corrected chi connectivity index (χ4v) is 5.83. The average molecular weight is 521 g/mol. The van der Waals surface area contributed by atoms with E-state index in [1.54, 1.807) is 35.5 Å². The summed E-state index contributed by atoms with van der Waals surface area (Å²) >= 11 is 0. The highest BCUT2D eigenvalue weighted by Gasteiger charge is 2.58. The summed E-state index contributed by atoms with van der Waals surface area (Å²) in [5.74, 6) is -1.39. The Labute approximate surface area is 219 Å². The van der Waals surface area contributed by atoms with Crippen molar-refractivity contribution >= 4 is 0 Å². The van der Waals surface area contributed by atoms with Crippen molar-refractivity contribution in [2.75, 3.05) is 6.61 Å². The van der Waals surface area contributed by atoms with Gasteiger partial charge in [-0.15, -0.1) is 5.10 Å². The second kappa shape index (κ2) is 9.59. The maximum Gasteiger partial charge on any atom is 0.135 e. The van der Waals surface area contributed by atoms with Crippen LogP contribution >= 0.6 is 0 Å². The van der Waals surface area contributed by atoms with Crippen LogP contribution in [-0.2, 0) is 12.0 Å². The molecule has 0 spiro atoms. The second-order valence-corrected chi connectivity index (χ2v) is 10.4. The summed E-state index contributed by atoms with van der Waals surface area (Å²) in [7, 11) is 0. The van der Waals surface area contributed by atoms with E-state index >= 15 is 0 Å². The minimum atomic E-state index is -0.915. The Morgan fingerprint density at radius 1 is 1.08 bits per heavy atom. The van der Waals surface area contributed by atoms with Crippen LogP contribution < -0.4 is 0 Å². The van der Waals surface area contributed by atoms with Gasteiger partial charge in [0.1, 0.15) is 11.6 Å². The van der Waals surface area contributed by atoms with Crippen molar-refractivity contribution in [1.29, 1.82) is 0 Å². The van der Waals surface area contributed by atoms with E-state index in [4.69, 9.17) is 10.1 Å². The molecular formula is C28H30F2N6O2. The number of aromatic nitrogens is 6. The highest BCUT2D eigenvalue weighted by Crippen LogP contribution is 2.62. The molecular weight excluding hydrogens is 490 g/mol. The molecule has 0 bridgehead atoms.